The van der Waals surface area contributed by atoms with Crippen LogP contribution in [0.5, 0.6) is 5.75 Å². The van der Waals surface area contributed by atoms with Gasteiger partial charge >= 0.3 is 0 Å². The summed E-state index contributed by atoms with van der Waals surface area (Å²) >= 11 is 11.6. The fourth-order valence-electron chi connectivity index (χ4n) is 1.54. The molecule has 0 saturated carbocycles. The average Bonchev–Trinajstić information content (AvgIpc) is 2.40. The summed E-state index contributed by atoms with van der Waals surface area (Å²) in [5.74, 6) is -1.75. The van der Waals surface area contributed by atoms with Crippen molar-refractivity contribution in [2.24, 2.45) is 0 Å². The maximum Gasteiger partial charge on any atom is 0.262 e. The number of rotatable bonds is 4. The Balaban J connectivity index is 1.97. The normalized spacial score (nSPS) is 10.3. The van der Waals surface area contributed by atoms with Gasteiger partial charge in [-0.1, -0.05) is 23.2 Å². The Bertz CT molecular complexity index is 660. The quantitative estimate of drug-likeness (QED) is 0.907. The number of anilines is 1. The van der Waals surface area contributed by atoms with Crippen molar-refractivity contribution in [1.29, 1.82) is 0 Å². The van der Waals surface area contributed by atoms with E-state index in [-0.39, 0.29) is 5.69 Å². The number of amides is 1. The van der Waals surface area contributed by atoms with Crippen molar-refractivity contribution in [1.82, 2.24) is 0 Å². The van der Waals surface area contributed by atoms with E-state index in [1.807, 2.05) is 0 Å². The highest BCUT2D eigenvalue weighted by molar-refractivity contribution is 6.34. The molecule has 3 nitrogen and oxygen atoms in total. The number of hydrogen-bond donors (Lipinski definition) is 1. The van der Waals surface area contributed by atoms with E-state index in [0.717, 1.165) is 18.2 Å². The van der Waals surface area contributed by atoms with E-state index in [1.165, 1.54) is 18.2 Å². The van der Waals surface area contributed by atoms with Crippen LogP contribution in [0.25, 0.3) is 0 Å². The van der Waals surface area contributed by atoms with Gasteiger partial charge in [0.2, 0.25) is 0 Å². The van der Waals surface area contributed by atoms with E-state index in [2.05, 4.69) is 5.32 Å². The lowest BCUT2D eigenvalue weighted by atomic mass is 10.3. The van der Waals surface area contributed by atoms with Crippen LogP contribution >= 0.6 is 23.2 Å². The summed E-state index contributed by atoms with van der Waals surface area (Å²) in [6.07, 6.45) is 0. The number of carbonyl (C=O) groups excluding carboxylic acids is 1. The molecule has 21 heavy (non-hydrogen) atoms. The van der Waals surface area contributed by atoms with Crippen molar-refractivity contribution in [3.63, 3.8) is 0 Å². The van der Waals surface area contributed by atoms with E-state index in [1.54, 1.807) is 0 Å². The number of ether oxygens (including phenoxy) is 1. The molecule has 1 amide bonds. The maximum absolute atomic E-state index is 13.3. The highest BCUT2D eigenvalue weighted by Crippen LogP contribution is 2.24. The van der Waals surface area contributed by atoms with E-state index in [0.29, 0.717) is 15.8 Å². The molecule has 2 aromatic rings. The van der Waals surface area contributed by atoms with Gasteiger partial charge in [0.25, 0.3) is 5.91 Å². The SMILES string of the molecule is O=C(COc1cc(Cl)cc(Cl)c1)Nc1cc(F)ccc1F. The zero-order valence-corrected chi connectivity index (χ0v) is 12.0. The third-order valence-electron chi connectivity index (χ3n) is 2.41. The van der Waals surface area contributed by atoms with Crippen molar-refractivity contribution in [3.05, 3.63) is 58.1 Å². The molecule has 110 valence electrons. The molecule has 7 heteroatoms. The van der Waals surface area contributed by atoms with Crippen LogP contribution in [0.3, 0.4) is 0 Å². The molecule has 0 atom stereocenters. The van der Waals surface area contributed by atoms with Gasteiger partial charge in [0, 0.05) is 16.1 Å². The molecular formula is C14H9Cl2F2NO2. The molecule has 0 fully saturated rings. The Kier molecular flexibility index (Phi) is 4.98. The van der Waals surface area contributed by atoms with Gasteiger partial charge in [0.1, 0.15) is 17.4 Å². The van der Waals surface area contributed by atoms with E-state index >= 15 is 0 Å². The number of hydrogen-bond acceptors (Lipinski definition) is 2. The molecule has 0 saturated heterocycles. The van der Waals surface area contributed by atoms with Crippen molar-refractivity contribution in [2.75, 3.05) is 11.9 Å². The van der Waals surface area contributed by atoms with Crippen molar-refractivity contribution >= 4 is 34.8 Å². The van der Waals surface area contributed by atoms with Gasteiger partial charge in [-0.3, -0.25) is 4.79 Å². The summed E-state index contributed by atoms with van der Waals surface area (Å²) in [4.78, 5) is 11.6. The number of nitrogens with one attached hydrogen (secondary N) is 1. The smallest absolute Gasteiger partial charge is 0.262 e. The standard InChI is InChI=1S/C14H9Cl2F2NO2/c15-8-3-9(16)5-11(4-8)21-7-14(20)19-13-6-10(17)1-2-12(13)18/h1-6H,7H2,(H,19,20). The first kappa shape index (κ1) is 15.5. The fourth-order valence-corrected chi connectivity index (χ4v) is 2.05. The Hall–Kier alpha value is -1.85. The Morgan fingerprint density at radius 1 is 1.10 bits per heavy atom. The van der Waals surface area contributed by atoms with Gasteiger partial charge in [-0.05, 0) is 30.3 Å². The first-order valence-electron chi connectivity index (χ1n) is 5.78. The van der Waals surface area contributed by atoms with Crippen LogP contribution in [0.1, 0.15) is 0 Å². The van der Waals surface area contributed by atoms with Gasteiger partial charge in [-0.25, -0.2) is 8.78 Å². The molecule has 0 aromatic heterocycles. The Morgan fingerprint density at radius 3 is 2.43 bits per heavy atom. The summed E-state index contributed by atoms with van der Waals surface area (Å²) in [5.41, 5.74) is -0.257. The second-order valence-electron chi connectivity index (χ2n) is 4.07. The predicted molar refractivity (Wildman–Crippen MR) is 76.9 cm³/mol. The third kappa shape index (κ3) is 4.58. The lowest BCUT2D eigenvalue weighted by molar-refractivity contribution is -0.118. The van der Waals surface area contributed by atoms with E-state index in [4.69, 9.17) is 27.9 Å². The van der Waals surface area contributed by atoms with Crippen molar-refractivity contribution < 1.29 is 18.3 Å². The third-order valence-corrected chi connectivity index (χ3v) is 2.84. The Morgan fingerprint density at radius 2 is 1.76 bits per heavy atom. The minimum absolute atomic E-state index is 0.257. The van der Waals surface area contributed by atoms with Crippen LogP contribution in [-0.2, 0) is 4.79 Å². The van der Waals surface area contributed by atoms with Crippen LogP contribution in [0.4, 0.5) is 14.5 Å². The lowest BCUT2D eigenvalue weighted by Crippen LogP contribution is -2.20. The second kappa shape index (κ2) is 6.74. The number of carbonyl (C=O) groups is 1. The van der Waals surface area contributed by atoms with E-state index < -0.39 is 24.1 Å². The molecule has 2 rings (SSSR count). The molecule has 0 bridgehead atoms. The zero-order valence-electron chi connectivity index (χ0n) is 10.5. The van der Waals surface area contributed by atoms with Gasteiger partial charge in [-0.2, -0.15) is 0 Å². The molecule has 2 aromatic carbocycles. The largest absolute Gasteiger partial charge is 0.484 e. The van der Waals surface area contributed by atoms with Gasteiger partial charge in [0.15, 0.2) is 6.61 Å². The highest BCUT2D eigenvalue weighted by Gasteiger charge is 2.09. The first-order valence-corrected chi connectivity index (χ1v) is 6.53. The molecule has 0 aliphatic rings. The minimum Gasteiger partial charge on any atom is -0.484 e. The molecular weight excluding hydrogens is 323 g/mol. The maximum atomic E-state index is 13.3. The summed E-state index contributed by atoms with van der Waals surface area (Å²) in [6, 6.07) is 7.21. The Labute approximate surface area is 129 Å². The highest BCUT2D eigenvalue weighted by atomic mass is 35.5. The van der Waals surface area contributed by atoms with Crippen molar-refractivity contribution in [2.45, 2.75) is 0 Å². The van der Waals surface area contributed by atoms with Gasteiger partial charge in [-0.15, -0.1) is 0 Å². The molecule has 0 aliphatic carbocycles. The fraction of sp³-hybridized carbons (Fsp3) is 0.0714. The predicted octanol–water partition coefficient (Wildman–Crippen LogP) is 4.29. The van der Waals surface area contributed by atoms with Crippen LogP contribution in [0, 0.1) is 11.6 Å². The molecule has 0 heterocycles. The zero-order chi connectivity index (χ0) is 15.4. The molecule has 1 N–H and O–H groups in total. The summed E-state index contributed by atoms with van der Waals surface area (Å²) in [5, 5.41) is 2.92. The summed E-state index contributed by atoms with van der Waals surface area (Å²) in [7, 11) is 0. The summed E-state index contributed by atoms with van der Waals surface area (Å²) in [6.45, 7) is -0.396. The minimum atomic E-state index is -0.740. The molecule has 0 radical (unpaired) electrons. The van der Waals surface area contributed by atoms with Gasteiger partial charge in [0.05, 0.1) is 5.69 Å². The molecule has 0 unspecified atom stereocenters. The molecule has 0 aliphatic heterocycles. The van der Waals surface area contributed by atoms with Crippen molar-refractivity contribution in [3.8, 4) is 5.75 Å². The second-order valence-corrected chi connectivity index (χ2v) is 4.94. The van der Waals surface area contributed by atoms with E-state index in [9.17, 15) is 13.6 Å². The monoisotopic (exact) mass is 331 g/mol. The van der Waals surface area contributed by atoms with Crippen LogP contribution in [0.2, 0.25) is 10.0 Å². The van der Waals surface area contributed by atoms with Crippen LogP contribution in [0.15, 0.2) is 36.4 Å². The average molecular weight is 332 g/mol. The topological polar surface area (TPSA) is 38.3 Å². The summed E-state index contributed by atoms with van der Waals surface area (Å²) < 4.78 is 31.5. The number of halogens is 4. The lowest BCUT2D eigenvalue weighted by Gasteiger charge is -2.09. The van der Waals surface area contributed by atoms with Gasteiger partial charge < -0.3 is 10.1 Å². The van der Waals surface area contributed by atoms with Crippen LogP contribution < -0.4 is 10.1 Å². The molecule has 0 spiro atoms. The number of benzene rings is 2. The van der Waals surface area contributed by atoms with Crippen LogP contribution in [-0.4, -0.2) is 12.5 Å². The first-order chi connectivity index (χ1) is 9.94.